The Balaban J connectivity index is 1.97. The molecule has 2 unspecified atom stereocenters. The maximum Gasteiger partial charge on any atom is 0.0602 e. The fraction of sp³-hybridized carbons (Fsp3) is 1.00. The summed E-state index contributed by atoms with van der Waals surface area (Å²) in [7, 11) is 2.07. The maximum absolute atomic E-state index is 9.76. The predicted molar refractivity (Wildman–Crippen MR) is 71.1 cm³/mol. The van der Waals surface area contributed by atoms with E-state index < -0.39 is 0 Å². The summed E-state index contributed by atoms with van der Waals surface area (Å²) < 4.78 is 0. The molecular weight excluding hydrogens is 212 g/mol. The van der Waals surface area contributed by atoms with E-state index >= 15 is 0 Å². The molecule has 3 nitrogen and oxygen atoms in total. The number of likely N-dealkylation sites (tertiary alicyclic amines) is 1. The zero-order chi connectivity index (χ0) is 12.1. The molecule has 0 amide bonds. The van der Waals surface area contributed by atoms with Crippen LogP contribution in [-0.2, 0) is 0 Å². The largest absolute Gasteiger partial charge is 0.395 e. The van der Waals surface area contributed by atoms with E-state index in [1.54, 1.807) is 0 Å². The number of rotatable bonds is 5. The molecule has 2 atom stereocenters. The lowest BCUT2D eigenvalue weighted by Crippen LogP contribution is -2.55. The van der Waals surface area contributed by atoms with Crippen LogP contribution < -0.4 is 5.32 Å². The van der Waals surface area contributed by atoms with Crippen LogP contribution in [0.2, 0.25) is 0 Å². The van der Waals surface area contributed by atoms with Crippen molar-refractivity contribution in [1.29, 1.82) is 0 Å². The molecule has 1 aliphatic heterocycles. The third kappa shape index (κ3) is 3.21. The summed E-state index contributed by atoms with van der Waals surface area (Å²) in [6.07, 6.45) is 9.41. The molecule has 0 bridgehead atoms. The second-order valence-electron chi connectivity index (χ2n) is 5.71. The summed E-state index contributed by atoms with van der Waals surface area (Å²) in [5, 5.41) is 13.2. The van der Waals surface area contributed by atoms with E-state index in [4.69, 9.17) is 0 Å². The number of nitrogens with zero attached hydrogens (tertiary/aromatic N) is 1. The van der Waals surface area contributed by atoms with Crippen molar-refractivity contribution in [2.24, 2.45) is 5.92 Å². The van der Waals surface area contributed by atoms with Gasteiger partial charge in [0.05, 0.1) is 6.61 Å². The van der Waals surface area contributed by atoms with E-state index in [1.807, 2.05) is 0 Å². The molecule has 0 aromatic carbocycles. The van der Waals surface area contributed by atoms with E-state index in [0.29, 0.717) is 18.7 Å². The van der Waals surface area contributed by atoms with Crippen LogP contribution in [0.1, 0.15) is 44.9 Å². The van der Waals surface area contributed by atoms with Crippen LogP contribution in [0.3, 0.4) is 0 Å². The van der Waals surface area contributed by atoms with Crippen molar-refractivity contribution in [3.8, 4) is 0 Å². The van der Waals surface area contributed by atoms with Crippen LogP contribution in [0.4, 0.5) is 0 Å². The molecule has 100 valence electrons. The van der Waals surface area contributed by atoms with Gasteiger partial charge in [-0.2, -0.15) is 0 Å². The van der Waals surface area contributed by atoms with Crippen molar-refractivity contribution >= 4 is 0 Å². The Morgan fingerprint density at radius 2 is 1.76 bits per heavy atom. The molecule has 0 radical (unpaired) electrons. The highest BCUT2D eigenvalue weighted by Gasteiger charge is 2.33. The molecular formula is C14H28N2O. The first-order valence-electron chi connectivity index (χ1n) is 7.39. The number of nitrogens with one attached hydrogen (secondary N) is 1. The molecule has 2 N–H and O–H groups in total. The molecule has 1 saturated carbocycles. The van der Waals surface area contributed by atoms with Crippen molar-refractivity contribution in [1.82, 2.24) is 10.2 Å². The highest BCUT2D eigenvalue weighted by atomic mass is 16.3. The first kappa shape index (κ1) is 13.3. The average molecular weight is 240 g/mol. The van der Waals surface area contributed by atoms with Crippen molar-refractivity contribution in [3.63, 3.8) is 0 Å². The molecule has 0 spiro atoms. The number of likely N-dealkylation sites (N-methyl/N-ethyl adjacent to an activating group) is 1. The van der Waals surface area contributed by atoms with Gasteiger partial charge in [0.1, 0.15) is 0 Å². The molecule has 3 heteroatoms. The van der Waals surface area contributed by atoms with Crippen LogP contribution in [0.15, 0.2) is 0 Å². The molecule has 1 heterocycles. The summed E-state index contributed by atoms with van der Waals surface area (Å²) in [5.74, 6) is 0.777. The van der Waals surface area contributed by atoms with Gasteiger partial charge in [0.15, 0.2) is 0 Å². The standard InChI is InChI=1S/C14H28N2O/c1-15-14(12-7-3-4-8-12)13(11-17)16-9-5-2-6-10-16/h12-15,17H,2-11H2,1H3. The monoisotopic (exact) mass is 240 g/mol. The zero-order valence-electron chi connectivity index (χ0n) is 11.2. The Kier molecular flexibility index (Phi) is 5.26. The van der Waals surface area contributed by atoms with Gasteiger partial charge in [-0.25, -0.2) is 0 Å². The molecule has 0 aromatic rings. The molecule has 17 heavy (non-hydrogen) atoms. The third-order valence-corrected chi connectivity index (χ3v) is 4.70. The van der Waals surface area contributed by atoms with Gasteiger partial charge in [-0.05, 0) is 51.7 Å². The van der Waals surface area contributed by atoms with Gasteiger partial charge in [-0.1, -0.05) is 19.3 Å². The van der Waals surface area contributed by atoms with Crippen molar-refractivity contribution in [3.05, 3.63) is 0 Å². The zero-order valence-corrected chi connectivity index (χ0v) is 11.2. The fourth-order valence-corrected chi connectivity index (χ4v) is 3.76. The Morgan fingerprint density at radius 1 is 1.12 bits per heavy atom. The first-order valence-corrected chi connectivity index (χ1v) is 7.39. The number of aliphatic hydroxyl groups excluding tert-OH is 1. The van der Waals surface area contributed by atoms with E-state index in [9.17, 15) is 5.11 Å². The SMILES string of the molecule is CNC(C1CCCC1)C(CO)N1CCCCC1. The molecule has 2 fully saturated rings. The minimum atomic E-state index is 0.308. The molecule has 2 aliphatic rings. The van der Waals surface area contributed by atoms with Gasteiger partial charge in [-0.15, -0.1) is 0 Å². The topological polar surface area (TPSA) is 35.5 Å². The lowest BCUT2D eigenvalue weighted by Gasteiger charge is -2.40. The lowest BCUT2D eigenvalue weighted by atomic mass is 9.90. The molecule has 1 aliphatic carbocycles. The van der Waals surface area contributed by atoms with Crippen molar-refractivity contribution in [2.45, 2.75) is 57.0 Å². The van der Waals surface area contributed by atoms with Crippen LogP contribution in [-0.4, -0.2) is 48.8 Å². The van der Waals surface area contributed by atoms with Crippen molar-refractivity contribution < 1.29 is 5.11 Å². The summed E-state index contributed by atoms with van der Waals surface area (Å²) in [6, 6.07) is 0.823. The second-order valence-corrected chi connectivity index (χ2v) is 5.71. The normalized spacial score (nSPS) is 27.2. The van der Waals surface area contributed by atoms with Crippen LogP contribution in [0, 0.1) is 5.92 Å². The third-order valence-electron chi connectivity index (χ3n) is 4.70. The predicted octanol–water partition coefficient (Wildman–Crippen LogP) is 1.61. The molecule has 0 aromatic heterocycles. The number of piperidine rings is 1. The van der Waals surface area contributed by atoms with Gasteiger partial charge in [0, 0.05) is 12.1 Å². The average Bonchev–Trinajstić information content (AvgIpc) is 2.90. The summed E-state index contributed by atoms with van der Waals surface area (Å²) >= 11 is 0. The highest BCUT2D eigenvalue weighted by molar-refractivity contribution is 4.91. The van der Waals surface area contributed by atoms with E-state index in [1.165, 1.54) is 58.0 Å². The summed E-state index contributed by atoms with van der Waals surface area (Å²) in [4.78, 5) is 2.52. The van der Waals surface area contributed by atoms with Crippen LogP contribution >= 0.6 is 0 Å². The Bertz CT molecular complexity index is 210. The van der Waals surface area contributed by atoms with E-state index in [-0.39, 0.29) is 0 Å². The number of aliphatic hydroxyl groups is 1. The highest BCUT2D eigenvalue weighted by Crippen LogP contribution is 2.30. The summed E-state index contributed by atoms with van der Waals surface area (Å²) in [6.45, 7) is 2.66. The van der Waals surface area contributed by atoms with Gasteiger partial charge in [0.25, 0.3) is 0 Å². The van der Waals surface area contributed by atoms with Crippen LogP contribution in [0.5, 0.6) is 0 Å². The van der Waals surface area contributed by atoms with E-state index in [0.717, 1.165) is 5.92 Å². The van der Waals surface area contributed by atoms with Crippen LogP contribution in [0.25, 0.3) is 0 Å². The molecule has 2 rings (SSSR count). The summed E-state index contributed by atoms with van der Waals surface area (Å²) in [5.41, 5.74) is 0. The maximum atomic E-state index is 9.76. The number of hydrogen-bond donors (Lipinski definition) is 2. The minimum absolute atomic E-state index is 0.308. The van der Waals surface area contributed by atoms with E-state index in [2.05, 4.69) is 17.3 Å². The second kappa shape index (κ2) is 6.72. The van der Waals surface area contributed by atoms with Gasteiger partial charge >= 0.3 is 0 Å². The number of hydrogen-bond acceptors (Lipinski definition) is 3. The Hall–Kier alpha value is -0.120. The first-order chi connectivity index (χ1) is 8.36. The van der Waals surface area contributed by atoms with Gasteiger partial charge in [-0.3, -0.25) is 4.90 Å². The quantitative estimate of drug-likeness (QED) is 0.766. The molecule has 1 saturated heterocycles. The fourth-order valence-electron chi connectivity index (χ4n) is 3.76. The van der Waals surface area contributed by atoms with Crippen molar-refractivity contribution in [2.75, 3.05) is 26.7 Å². The lowest BCUT2D eigenvalue weighted by molar-refractivity contribution is 0.0630. The Labute approximate surface area is 106 Å². The smallest absolute Gasteiger partial charge is 0.0602 e. The minimum Gasteiger partial charge on any atom is -0.395 e. The Morgan fingerprint density at radius 3 is 2.29 bits per heavy atom. The van der Waals surface area contributed by atoms with Gasteiger partial charge < -0.3 is 10.4 Å². The van der Waals surface area contributed by atoms with Gasteiger partial charge in [0.2, 0.25) is 0 Å².